The fourth-order valence-electron chi connectivity index (χ4n) is 2.29. The van der Waals surface area contributed by atoms with E-state index in [4.69, 9.17) is 4.74 Å². The van der Waals surface area contributed by atoms with Crippen molar-refractivity contribution in [3.05, 3.63) is 42.5 Å². The van der Waals surface area contributed by atoms with Crippen LogP contribution in [0, 0.1) is 0 Å². The Labute approximate surface area is 124 Å². The van der Waals surface area contributed by atoms with Gasteiger partial charge in [0.1, 0.15) is 11.3 Å². The Hall–Kier alpha value is -2.07. The van der Waals surface area contributed by atoms with Crippen LogP contribution >= 0.6 is 0 Å². The summed E-state index contributed by atoms with van der Waals surface area (Å²) in [5.74, 6) is -0.0931. The minimum Gasteiger partial charge on any atom is -0.493 e. The van der Waals surface area contributed by atoms with E-state index in [1.165, 1.54) is 0 Å². The van der Waals surface area contributed by atoms with Crippen LogP contribution in [0.3, 0.4) is 0 Å². The molecule has 0 radical (unpaired) electrons. The van der Waals surface area contributed by atoms with Crippen LogP contribution in [0.5, 0.6) is 5.75 Å². The third-order valence-electron chi connectivity index (χ3n) is 3.63. The summed E-state index contributed by atoms with van der Waals surface area (Å²) in [5, 5.41) is 14.6. The minimum absolute atomic E-state index is 0.355. The van der Waals surface area contributed by atoms with Gasteiger partial charge in [-0.1, -0.05) is 37.3 Å². The largest absolute Gasteiger partial charge is 0.493 e. The van der Waals surface area contributed by atoms with Crippen LogP contribution in [0.15, 0.2) is 42.5 Å². The lowest BCUT2D eigenvalue weighted by Crippen LogP contribution is -2.50. The third kappa shape index (κ3) is 3.73. The number of likely N-dealkylation sites (N-methyl/N-ethyl adjacent to an activating group) is 1. The highest BCUT2D eigenvalue weighted by molar-refractivity contribution is 5.83. The molecule has 0 aromatic heterocycles. The van der Waals surface area contributed by atoms with Crippen molar-refractivity contribution in [2.24, 2.45) is 0 Å². The number of aliphatic carboxylic acids is 1. The van der Waals surface area contributed by atoms with E-state index < -0.39 is 11.5 Å². The van der Waals surface area contributed by atoms with E-state index in [0.29, 0.717) is 19.6 Å². The van der Waals surface area contributed by atoms with Crippen molar-refractivity contribution in [3.63, 3.8) is 0 Å². The molecule has 0 saturated carbocycles. The number of carbonyl (C=O) groups is 1. The van der Waals surface area contributed by atoms with Crippen LogP contribution < -0.4 is 10.1 Å². The SMILES string of the molecule is CCNC(C)(CCOc1ccc2ccccc2c1)C(=O)O. The van der Waals surface area contributed by atoms with E-state index in [2.05, 4.69) is 5.32 Å². The summed E-state index contributed by atoms with van der Waals surface area (Å²) in [7, 11) is 0. The van der Waals surface area contributed by atoms with Crippen molar-refractivity contribution in [2.75, 3.05) is 13.2 Å². The summed E-state index contributed by atoms with van der Waals surface area (Å²) in [6.07, 6.45) is 0.406. The smallest absolute Gasteiger partial charge is 0.323 e. The molecule has 0 fully saturated rings. The molecule has 4 heteroatoms. The summed E-state index contributed by atoms with van der Waals surface area (Å²) in [5.41, 5.74) is -0.953. The number of nitrogens with one attached hydrogen (secondary N) is 1. The molecule has 112 valence electrons. The Morgan fingerprint density at radius 1 is 1.24 bits per heavy atom. The minimum atomic E-state index is -0.953. The Bertz CT molecular complexity index is 626. The standard InChI is InChI=1S/C17H21NO3/c1-3-18-17(2,16(19)20)10-11-21-15-9-8-13-6-4-5-7-14(13)12-15/h4-9,12,18H,3,10-11H2,1-2H3,(H,19,20). The zero-order valence-corrected chi connectivity index (χ0v) is 12.4. The van der Waals surface area contributed by atoms with E-state index >= 15 is 0 Å². The molecule has 1 atom stereocenters. The van der Waals surface area contributed by atoms with Gasteiger partial charge < -0.3 is 15.2 Å². The number of hydrogen-bond acceptors (Lipinski definition) is 3. The van der Waals surface area contributed by atoms with Gasteiger partial charge in [0.25, 0.3) is 0 Å². The number of carboxylic acids is 1. The number of ether oxygens (including phenoxy) is 1. The number of benzene rings is 2. The van der Waals surface area contributed by atoms with Crippen molar-refractivity contribution >= 4 is 16.7 Å². The fraction of sp³-hybridized carbons (Fsp3) is 0.353. The lowest BCUT2D eigenvalue weighted by molar-refractivity contribution is -0.144. The van der Waals surface area contributed by atoms with Gasteiger partial charge in [0.05, 0.1) is 6.61 Å². The van der Waals surface area contributed by atoms with Crippen molar-refractivity contribution < 1.29 is 14.6 Å². The number of hydrogen-bond donors (Lipinski definition) is 2. The molecule has 0 aliphatic heterocycles. The highest BCUT2D eigenvalue weighted by Crippen LogP contribution is 2.21. The highest BCUT2D eigenvalue weighted by atomic mass is 16.5. The summed E-state index contributed by atoms with van der Waals surface area (Å²) in [6.45, 7) is 4.54. The Balaban J connectivity index is 1.99. The molecule has 0 spiro atoms. The predicted molar refractivity (Wildman–Crippen MR) is 83.8 cm³/mol. The summed E-state index contributed by atoms with van der Waals surface area (Å²) in [4.78, 5) is 11.3. The van der Waals surface area contributed by atoms with Crippen molar-refractivity contribution in [3.8, 4) is 5.75 Å². The van der Waals surface area contributed by atoms with Gasteiger partial charge in [-0.15, -0.1) is 0 Å². The van der Waals surface area contributed by atoms with Crippen LogP contribution in [-0.4, -0.2) is 29.8 Å². The zero-order valence-electron chi connectivity index (χ0n) is 12.4. The fourth-order valence-corrected chi connectivity index (χ4v) is 2.29. The van der Waals surface area contributed by atoms with Crippen molar-refractivity contribution in [2.45, 2.75) is 25.8 Å². The predicted octanol–water partition coefficient (Wildman–Crippen LogP) is 3.06. The van der Waals surface area contributed by atoms with E-state index in [1.54, 1.807) is 6.92 Å². The van der Waals surface area contributed by atoms with Gasteiger partial charge in [-0.3, -0.25) is 4.79 Å². The lowest BCUT2D eigenvalue weighted by atomic mass is 9.98. The monoisotopic (exact) mass is 287 g/mol. The van der Waals surface area contributed by atoms with Gasteiger partial charge >= 0.3 is 5.97 Å². The molecule has 4 nitrogen and oxygen atoms in total. The second-order valence-corrected chi connectivity index (χ2v) is 5.28. The molecule has 2 aromatic rings. The normalized spacial score (nSPS) is 13.8. The summed E-state index contributed by atoms with van der Waals surface area (Å²) >= 11 is 0. The maximum absolute atomic E-state index is 11.3. The first-order chi connectivity index (χ1) is 10.0. The van der Waals surface area contributed by atoms with Gasteiger partial charge in [0.15, 0.2) is 0 Å². The first-order valence-electron chi connectivity index (χ1n) is 7.15. The van der Waals surface area contributed by atoms with Crippen LogP contribution in [0.1, 0.15) is 20.3 Å². The highest BCUT2D eigenvalue weighted by Gasteiger charge is 2.31. The molecule has 0 saturated heterocycles. The molecule has 1 unspecified atom stereocenters. The molecule has 2 N–H and O–H groups in total. The molecule has 21 heavy (non-hydrogen) atoms. The second kappa shape index (κ2) is 6.59. The topological polar surface area (TPSA) is 58.6 Å². The lowest BCUT2D eigenvalue weighted by Gasteiger charge is -2.25. The van der Waals surface area contributed by atoms with Crippen LogP contribution in [0.2, 0.25) is 0 Å². The quantitative estimate of drug-likeness (QED) is 0.821. The summed E-state index contributed by atoms with van der Waals surface area (Å²) < 4.78 is 5.70. The second-order valence-electron chi connectivity index (χ2n) is 5.28. The third-order valence-corrected chi connectivity index (χ3v) is 3.63. The maximum atomic E-state index is 11.3. The Morgan fingerprint density at radius 3 is 2.62 bits per heavy atom. The summed E-state index contributed by atoms with van der Waals surface area (Å²) in [6, 6.07) is 13.9. The molecule has 0 aliphatic carbocycles. The first-order valence-corrected chi connectivity index (χ1v) is 7.15. The molecule has 2 aromatic carbocycles. The van der Waals surface area contributed by atoms with Crippen LogP contribution in [0.25, 0.3) is 10.8 Å². The molecule has 0 heterocycles. The Kier molecular flexibility index (Phi) is 4.81. The molecular formula is C17H21NO3. The van der Waals surface area contributed by atoms with E-state index in [1.807, 2.05) is 49.4 Å². The molecular weight excluding hydrogens is 266 g/mol. The van der Waals surface area contributed by atoms with Gasteiger partial charge in [0.2, 0.25) is 0 Å². The van der Waals surface area contributed by atoms with E-state index in [9.17, 15) is 9.90 Å². The van der Waals surface area contributed by atoms with Crippen molar-refractivity contribution in [1.29, 1.82) is 0 Å². The molecule has 0 aliphatic rings. The first kappa shape index (κ1) is 15.3. The van der Waals surface area contributed by atoms with Gasteiger partial charge in [-0.25, -0.2) is 0 Å². The molecule has 0 amide bonds. The van der Waals surface area contributed by atoms with Gasteiger partial charge in [-0.05, 0) is 36.4 Å². The molecule has 0 bridgehead atoms. The van der Waals surface area contributed by atoms with E-state index in [0.717, 1.165) is 16.5 Å². The van der Waals surface area contributed by atoms with Gasteiger partial charge in [-0.2, -0.15) is 0 Å². The number of carboxylic acid groups (broad SMARTS) is 1. The van der Waals surface area contributed by atoms with Crippen LogP contribution in [-0.2, 0) is 4.79 Å². The van der Waals surface area contributed by atoms with Crippen LogP contribution in [0.4, 0.5) is 0 Å². The van der Waals surface area contributed by atoms with E-state index in [-0.39, 0.29) is 0 Å². The Morgan fingerprint density at radius 2 is 1.95 bits per heavy atom. The zero-order chi connectivity index (χ0) is 15.3. The average molecular weight is 287 g/mol. The maximum Gasteiger partial charge on any atom is 0.323 e. The number of fused-ring (bicyclic) bond motifs is 1. The van der Waals surface area contributed by atoms with Crippen molar-refractivity contribution in [1.82, 2.24) is 5.32 Å². The average Bonchev–Trinajstić information content (AvgIpc) is 2.47. The van der Waals surface area contributed by atoms with Gasteiger partial charge in [0, 0.05) is 6.42 Å². The molecule has 2 rings (SSSR count). The number of rotatable bonds is 7.